The van der Waals surface area contributed by atoms with Gasteiger partial charge >= 0.3 is 0 Å². The number of thiazole rings is 1. The summed E-state index contributed by atoms with van der Waals surface area (Å²) in [6.45, 7) is 7.04. The summed E-state index contributed by atoms with van der Waals surface area (Å²) in [4.78, 5) is 26.1. The van der Waals surface area contributed by atoms with Crippen LogP contribution < -0.4 is 16.0 Å². The summed E-state index contributed by atoms with van der Waals surface area (Å²) in [6.07, 6.45) is 0.325. The van der Waals surface area contributed by atoms with Crippen molar-refractivity contribution in [1.82, 2.24) is 20.6 Å². The van der Waals surface area contributed by atoms with Crippen molar-refractivity contribution >= 4 is 53.0 Å². The average molecular weight is 488 g/mol. The van der Waals surface area contributed by atoms with E-state index < -0.39 is 0 Å². The number of aromatic nitrogens is 2. The molecule has 0 saturated heterocycles. The second-order valence-corrected chi connectivity index (χ2v) is 6.85. The van der Waals surface area contributed by atoms with Crippen molar-refractivity contribution in [3.8, 4) is 0 Å². The smallest absolute Gasteiger partial charge is 0.227 e. The minimum absolute atomic E-state index is 0. The van der Waals surface area contributed by atoms with Gasteiger partial charge in [0.15, 0.2) is 5.96 Å². The van der Waals surface area contributed by atoms with Crippen LogP contribution in [0.15, 0.2) is 23.2 Å². The third-order valence-electron chi connectivity index (χ3n) is 3.50. The molecule has 0 radical (unpaired) electrons. The summed E-state index contributed by atoms with van der Waals surface area (Å²) in [7, 11) is 1.70. The van der Waals surface area contributed by atoms with Crippen LogP contribution in [0, 0.1) is 20.8 Å². The van der Waals surface area contributed by atoms with Crippen LogP contribution in [0.5, 0.6) is 0 Å². The topological polar surface area (TPSA) is 91.3 Å². The van der Waals surface area contributed by atoms with Crippen LogP contribution in [0.3, 0.4) is 0 Å². The van der Waals surface area contributed by atoms with Crippen LogP contribution >= 0.6 is 35.3 Å². The van der Waals surface area contributed by atoms with Crippen molar-refractivity contribution in [2.24, 2.45) is 4.99 Å². The molecule has 3 N–H and O–H groups in total. The number of rotatable bonds is 6. The van der Waals surface area contributed by atoms with Crippen molar-refractivity contribution in [1.29, 1.82) is 0 Å². The fourth-order valence-corrected chi connectivity index (χ4v) is 2.98. The van der Waals surface area contributed by atoms with Crippen molar-refractivity contribution in [3.05, 3.63) is 39.5 Å². The largest absolute Gasteiger partial charge is 0.356 e. The van der Waals surface area contributed by atoms with Gasteiger partial charge in [-0.2, -0.15) is 0 Å². The van der Waals surface area contributed by atoms with E-state index in [-0.39, 0.29) is 29.9 Å². The van der Waals surface area contributed by atoms with E-state index in [1.54, 1.807) is 24.5 Å². The van der Waals surface area contributed by atoms with Gasteiger partial charge in [-0.25, -0.2) is 9.97 Å². The Balaban J connectivity index is 0.00000338. The first-order valence-corrected chi connectivity index (χ1v) is 8.90. The zero-order chi connectivity index (χ0) is 18.2. The van der Waals surface area contributed by atoms with E-state index >= 15 is 0 Å². The number of aliphatic imine (C=N–C) groups is 1. The number of pyridine rings is 1. The lowest BCUT2D eigenvalue weighted by molar-refractivity contribution is -0.116. The standard InChI is InChI=1S/C17H24N6OS.HI/c1-11-6-5-7-14(21-11)23-15(24)8-9-19-17(18-4)20-10-16-22-12(2)13(3)25-16;/h5-7H,8-10H2,1-4H3,(H2,18,19,20)(H,21,23,24);1H. The molecule has 142 valence electrons. The number of amides is 1. The highest BCUT2D eigenvalue weighted by Crippen LogP contribution is 2.15. The Kier molecular flexibility index (Phi) is 9.49. The maximum Gasteiger partial charge on any atom is 0.227 e. The second-order valence-electron chi connectivity index (χ2n) is 5.56. The lowest BCUT2D eigenvalue weighted by Crippen LogP contribution is -2.38. The molecule has 0 aliphatic heterocycles. The lowest BCUT2D eigenvalue weighted by Gasteiger charge is -2.11. The van der Waals surface area contributed by atoms with Gasteiger partial charge in [0.2, 0.25) is 5.91 Å². The molecule has 2 aromatic rings. The number of halogens is 1. The maximum absolute atomic E-state index is 12.0. The van der Waals surface area contributed by atoms with E-state index in [4.69, 9.17) is 0 Å². The molecule has 0 spiro atoms. The van der Waals surface area contributed by atoms with E-state index in [1.807, 2.05) is 26.0 Å². The molecule has 9 heteroatoms. The van der Waals surface area contributed by atoms with E-state index in [2.05, 4.69) is 37.8 Å². The van der Waals surface area contributed by atoms with Crippen LogP contribution in [-0.4, -0.2) is 35.4 Å². The van der Waals surface area contributed by atoms with Crippen molar-refractivity contribution in [2.75, 3.05) is 18.9 Å². The number of anilines is 1. The lowest BCUT2D eigenvalue weighted by atomic mass is 10.3. The molecule has 0 bridgehead atoms. The monoisotopic (exact) mass is 488 g/mol. The SMILES string of the molecule is CN=C(NCCC(=O)Nc1cccc(C)n1)NCc1nc(C)c(C)s1.I. The van der Waals surface area contributed by atoms with E-state index in [0.29, 0.717) is 31.3 Å². The van der Waals surface area contributed by atoms with E-state index in [0.717, 1.165) is 16.4 Å². The number of nitrogens with one attached hydrogen (secondary N) is 3. The maximum atomic E-state index is 12.0. The number of carbonyl (C=O) groups excluding carboxylic acids is 1. The van der Waals surface area contributed by atoms with Gasteiger partial charge in [0.05, 0.1) is 12.2 Å². The Bertz CT molecular complexity index is 742. The molecular formula is C17H25IN6OS. The van der Waals surface area contributed by atoms with Gasteiger partial charge < -0.3 is 16.0 Å². The number of aryl methyl sites for hydroxylation is 3. The normalized spacial score (nSPS) is 10.8. The number of guanidine groups is 1. The highest BCUT2D eigenvalue weighted by Gasteiger charge is 2.06. The van der Waals surface area contributed by atoms with Gasteiger partial charge in [-0.15, -0.1) is 35.3 Å². The number of hydrogen-bond acceptors (Lipinski definition) is 5. The highest BCUT2D eigenvalue weighted by atomic mass is 127. The zero-order valence-corrected chi connectivity index (χ0v) is 18.6. The predicted molar refractivity (Wildman–Crippen MR) is 117 cm³/mol. The van der Waals surface area contributed by atoms with Crippen molar-refractivity contribution in [2.45, 2.75) is 33.7 Å². The first-order chi connectivity index (χ1) is 12.0. The number of hydrogen-bond donors (Lipinski definition) is 3. The van der Waals surface area contributed by atoms with Crippen LogP contribution in [0.25, 0.3) is 0 Å². The van der Waals surface area contributed by atoms with Crippen LogP contribution in [0.2, 0.25) is 0 Å². The van der Waals surface area contributed by atoms with Crippen LogP contribution in [0.4, 0.5) is 5.82 Å². The molecule has 0 aliphatic carbocycles. The van der Waals surface area contributed by atoms with Gasteiger partial charge in [0, 0.05) is 30.6 Å². The Labute approximate surface area is 175 Å². The Morgan fingerprint density at radius 1 is 1.19 bits per heavy atom. The van der Waals surface area contributed by atoms with Crippen molar-refractivity contribution in [3.63, 3.8) is 0 Å². The van der Waals surface area contributed by atoms with E-state index in [1.165, 1.54) is 4.88 Å². The molecule has 2 aromatic heterocycles. The molecule has 2 rings (SSSR count). The molecule has 0 saturated carbocycles. The third kappa shape index (κ3) is 7.24. The quantitative estimate of drug-likeness (QED) is 0.331. The molecule has 0 atom stereocenters. The fraction of sp³-hybridized carbons (Fsp3) is 0.412. The molecule has 0 fully saturated rings. The number of carbonyl (C=O) groups is 1. The second kappa shape index (κ2) is 11.1. The molecular weight excluding hydrogens is 463 g/mol. The molecule has 26 heavy (non-hydrogen) atoms. The zero-order valence-electron chi connectivity index (χ0n) is 15.4. The van der Waals surface area contributed by atoms with E-state index in [9.17, 15) is 4.79 Å². The minimum atomic E-state index is -0.0905. The summed E-state index contributed by atoms with van der Waals surface area (Å²) in [5, 5.41) is 10.1. The Morgan fingerprint density at radius 3 is 2.58 bits per heavy atom. The first kappa shape index (κ1) is 22.3. The molecule has 7 nitrogen and oxygen atoms in total. The Hall–Kier alpha value is -1.75. The summed E-state index contributed by atoms with van der Waals surface area (Å²) >= 11 is 1.67. The third-order valence-corrected chi connectivity index (χ3v) is 4.58. The van der Waals surface area contributed by atoms with Gasteiger partial charge in [-0.3, -0.25) is 9.79 Å². The summed E-state index contributed by atoms with van der Waals surface area (Å²) in [5.74, 6) is 1.13. The average Bonchev–Trinajstić information content (AvgIpc) is 2.89. The predicted octanol–water partition coefficient (Wildman–Crippen LogP) is 2.78. The first-order valence-electron chi connectivity index (χ1n) is 8.09. The van der Waals surface area contributed by atoms with Crippen molar-refractivity contribution < 1.29 is 4.79 Å². The van der Waals surface area contributed by atoms with Crippen LogP contribution in [0.1, 0.15) is 27.7 Å². The molecule has 1 amide bonds. The minimum Gasteiger partial charge on any atom is -0.356 e. The Morgan fingerprint density at radius 2 is 1.96 bits per heavy atom. The van der Waals surface area contributed by atoms with Gasteiger partial charge in [0.1, 0.15) is 10.8 Å². The summed E-state index contributed by atoms with van der Waals surface area (Å²) in [5.41, 5.74) is 1.93. The highest BCUT2D eigenvalue weighted by molar-refractivity contribution is 14.0. The molecule has 0 unspecified atom stereocenters. The molecule has 0 aromatic carbocycles. The van der Waals surface area contributed by atoms with Crippen LogP contribution in [-0.2, 0) is 11.3 Å². The van der Waals surface area contributed by atoms with Gasteiger partial charge in [-0.05, 0) is 32.9 Å². The fourth-order valence-electron chi connectivity index (χ4n) is 2.11. The van der Waals surface area contributed by atoms with Gasteiger partial charge in [-0.1, -0.05) is 6.07 Å². The summed E-state index contributed by atoms with van der Waals surface area (Å²) < 4.78 is 0. The molecule has 2 heterocycles. The molecule has 0 aliphatic rings. The number of nitrogens with zero attached hydrogens (tertiary/aromatic N) is 3. The summed E-state index contributed by atoms with van der Waals surface area (Å²) in [6, 6.07) is 5.53. The van der Waals surface area contributed by atoms with Gasteiger partial charge in [0.25, 0.3) is 0 Å².